The van der Waals surface area contributed by atoms with E-state index in [1.54, 1.807) is 6.92 Å². The second-order valence-electron chi connectivity index (χ2n) is 5.45. The van der Waals surface area contributed by atoms with E-state index >= 15 is 0 Å². The summed E-state index contributed by atoms with van der Waals surface area (Å²) in [4.78, 5) is 10.2. The zero-order valence-electron chi connectivity index (χ0n) is 12.5. The first-order valence-corrected chi connectivity index (χ1v) is 6.95. The van der Waals surface area contributed by atoms with Crippen molar-refractivity contribution >= 4 is 5.69 Å². The summed E-state index contributed by atoms with van der Waals surface area (Å²) in [6, 6.07) is 9.24. The summed E-state index contributed by atoms with van der Waals surface area (Å²) in [5, 5.41) is 33.8. The number of benzene rings is 2. The molecule has 0 radical (unpaired) electrons. The third-order valence-corrected chi connectivity index (χ3v) is 3.52. The van der Waals surface area contributed by atoms with Crippen LogP contribution < -0.4 is 5.32 Å². The molecule has 0 spiro atoms. The smallest absolute Gasteiger partial charge is 0.270 e. The van der Waals surface area contributed by atoms with Crippen LogP contribution in [0.25, 0.3) is 0 Å². The fourth-order valence-electron chi connectivity index (χ4n) is 2.18. The summed E-state index contributed by atoms with van der Waals surface area (Å²) in [5.41, 5.74) is -0.474. The average molecular weight is 320 g/mol. The Hall–Kier alpha value is -2.51. The van der Waals surface area contributed by atoms with Crippen LogP contribution in [0.1, 0.15) is 18.1 Å². The molecule has 0 heterocycles. The molecule has 2 aromatic carbocycles. The average Bonchev–Trinajstić information content (AvgIpc) is 2.49. The van der Waals surface area contributed by atoms with Gasteiger partial charge in [-0.3, -0.25) is 10.1 Å². The summed E-state index contributed by atoms with van der Waals surface area (Å²) >= 11 is 0. The summed E-state index contributed by atoms with van der Waals surface area (Å²) in [6.45, 7) is 1.84. The molecule has 0 amide bonds. The molecule has 0 aliphatic heterocycles. The van der Waals surface area contributed by atoms with Crippen molar-refractivity contribution in [3.63, 3.8) is 0 Å². The molecule has 0 saturated carbocycles. The number of halogens is 1. The molecule has 0 fully saturated rings. The van der Waals surface area contributed by atoms with Gasteiger partial charge in [-0.1, -0.05) is 12.1 Å². The number of nitrogens with zero attached hydrogens (tertiary/aromatic N) is 1. The summed E-state index contributed by atoms with van der Waals surface area (Å²) in [6.07, 6.45) is 0. The van der Waals surface area contributed by atoms with Crippen molar-refractivity contribution in [3.05, 3.63) is 69.5 Å². The third-order valence-electron chi connectivity index (χ3n) is 3.52. The highest BCUT2D eigenvalue weighted by Crippen LogP contribution is 2.24. The number of nitro benzene ring substituents is 1. The van der Waals surface area contributed by atoms with E-state index < -0.39 is 10.5 Å². The lowest BCUT2D eigenvalue weighted by Gasteiger charge is -2.24. The van der Waals surface area contributed by atoms with Crippen molar-refractivity contribution < 1.29 is 19.5 Å². The second kappa shape index (κ2) is 6.72. The van der Waals surface area contributed by atoms with Crippen molar-refractivity contribution in [2.45, 2.75) is 19.1 Å². The van der Waals surface area contributed by atoms with Gasteiger partial charge in [-0.05, 0) is 30.7 Å². The maximum Gasteiger partial charge on any atom is 0.270 e. The van der Waals surface area contributed by atoms with Crippen LogP contribution in [0.3, 0.4) is 0 Å². The van der Waals surface area contributed by atoms with Crippen LogP contribution in [-0.2, 0) is 12.1 Å². The van der Waals surface area contributed by atoms with Gasteiger partial charge in [-0.25, -0.2) is 4.39 Å². The number of nitro groups is 1. The monoisotopic (exact) mass is 320 g/mol. The molecule has 0 aliphatic rings. The molecule has 6 nitrogen and oxygen atoms in total. The van der Waals surface area contributed by atoms with Gasteiger partial charge in [0.05, 0.1) is 10.5 Å². The Labute approximate surface area is 132 Å². The third kappa shape index (κ3) is 4.24. The van der Waals surface area contributed by atoms with E-state index in [0.29, 0.717) is 11.1 Å². The highest BCUT2D eigenvalue weighted by molar-refractivity contribution is 5.42. The summed E-state index contributed by atoms with van der Waals surface area (Å²) in [7, 11) is 0. The standard InChI is InChI=1S/C16H17FN2O4/c1-16(21,12-2-4-13(17)5-3-12)10-18-9-11-8-14(19(22)23)6-7-15(11)20/h2-8,18,20-21H,9-10H2,1H3. The molecule has 0 saturated heterocycles. The number of non-ortho nitro benzene ring substituents is 1. The van der Waals surface area contributed by atoms with E-state index in [9.17, 15) is 24.7 Å². The highest BCUT2D eigenvalue weighted by atomic mass is 19.1. The number of hydrogen-bond donors (Lipinski definition) is 3. The van der Waals surface area contributed by atoms with Crippen molar-refractivity contribution in [3.8, 4) is 5.75 Å². The molecule has 122 valence electrons. The van der Waals surface area contributed by atoms with Gasteiger partial charge in [-0.15, -0.1) is 0 Å². The van der Waals surface area contributed by atoms with Crippen LogP contribution >= 0.6 is 0 Å². The Balaban J connectivity index is 2.02. The fourth-order valence-corrected chi connectivity index (χ4v) is 2.18. The van der Waals surface area contributed by atoms with E-state index in [1.165, 1.54) is 42.5 Å². The molecule has 0 aliphatic carbocycles. The second-order valence-corrected chi connectivity index (χ2v) is 5.45. The Morgan fingerprint density at radius 2 is 1.91 bits per heavy atom. The van der Waals surface area contributed by atoms with E-state index in [0.717, 1.165) is 0 Å². The highest BCUT2D eigenvalue weighted by Gasteiger charge is 2.22. The quantitative estimate of drug-likeness (QED) is 0.561. The topological polar surface area (TPSA) is 95.6 Å². The minimum absolute atomic E-state index is 0.0653. The Kier molecular flexibility index (Phi) is 4.92. The molecule has 0 aromatic heterocycles. The van der Waals surface area contributed by atoms with Gasteiger partial charge in [0.1, 0.15) is 11.6 Å². The molecule has 2 rings (SSSR count). The SMILES string of the molecule is CC(O)(CNCc1cc([N+](=O)[O-])ccc1O)c1ccc(F)cc1. The molecule has 1 atom stereocenters. The molecule has 1 unspecified atom stereocenters. The lowest BCUT2D eigenvalue weighted by Crippen LogP contribution is -2.35. The van der Waals surface area contributed by atoms with Crippen LogP contribution in [-0.4, -0.2) is 21.7 Å². The maximum absolute atomic E-state index is 12.9. The Morgan fingerprint density at radius 3 is 2.52 bits per heavy atom. The predicted octanol–water partition coefficient (Wildman–Crippen LogP) is 2.44. The number of nitrogens with one attached hydrogen (secondary N) is 1. The van der Waals surface area contributed by atoms with Gasteiger partial charge in [0.15, 0.2) is 0 Å². The zero-order chi connectivity index (χ0) is 17.0. The largest absolute Gasteiger partial charge is 0.508 e. The molecular weight excluding hydrogens is 303 g/mol. The van der Waals surface area contributed by atoms with E-state index in [2.05, 4.69) is 5.32 Å². The van der Waals surface area contributed by atoms with E-state index in [4.69, 9.17) is 0 Å². The summed E-state index contributed by atoms with van der Waals surface area (Å²) < 4.78 is 12.9. The van der Waals surface area contributed by atoms with Gasteiger partial charge in [0.25, 0.3) is 5.69 Å². The van der Waals surface area contributed by atoms with Crippen molar-refractivity contribution in [1.82, 2.24) is 5.32 Å². The lowest BCUT2D eigenvalue weighted by molar-refractivity contribution is -0.384. The van der Waals surface area contributed by atoms with Crippen LogP contribution in [0.5, 0.6) is 5.75 Å². The number of aromatic hydroxyl groups is 1. The molecule has 23 heavy (non-hydrogen) atoms. The number of rotatable bonds is 6. The maximum atomic E-state index is 12.9. The normalized spacial score (nSPS) is 13.5. The van der Waals surface area contributed by atoms with Crippen LogP contribution in [0.4, 0.5) is 10.1 Å². The minimum Gasteiger partial charge on any atom is -0.508 e. The van der Waals surface area contributed by atoms with Gasteiger partial charge in [-0.2, -0.15) is 0 Å². The van der Waals surface area contributed by atoms with Crippen LogP contribution in [0.15, 0.2) is 42.5 Å². The molecule has 0 bridgehead atoms. The molecule has 3 N–H and O–H groups in total. The van der Waals surface area contributed by atoms with Crippen molar-refractivity contribution in [1.29, 1.82) is 0 Å². The van der Waals surface area contributed by atoms with E-state index in [1.807, 2.05) is 0 Å². The zero-order valence-corrected chi connectivity index (χ0v) is 12.5. The predicted molar refractivity (Wildman–Crippen MR) is 82.4 cm³/mol. The lowest BCUT2D eigenvalue weighted by atomic mass is 9.96. The van der Waals surface area contributed by atoms with Crippen molar-refractivity contribution in [2.24, 2.45) is 0 Å². The van der Waals surface area contributed by atoms with Crippen LogP contribution in [0, 0.1) is 15.9 Å². The first-order chi connectivity index (χ1) is 10.8. The molecule has 2 aromatic rings. The molecular formula is C16H17FN2O4. The summed E-state index contributed by atoms with van der Waals surface area (Å²) in [5.74, 6) is -0.455. The van der Waals surface area contributed by atoms with E-state index in [-0.39, 0.29) is 30.3 Å². The number of hydrogen-bond acceptors (Lipinski definition) is 5. The number of aliphatic hydroxyl groups is 1. The first kappa shape index (κ1) is 16.9. The molecule has 7 heteroatoms. The van der Waals surface area contributed by atoms with Crippen LogP contribution in [0.2, 0.25) is 0 Å². The number of phenolic OH excluding ortho intramolecular Hbond substituents is 1. The Bertz CT molecular complexity index is 702. The van der Waals surface area contributed by atoms with Gasteiger partial charge >= 0.3 is 0 Å². The minimum atomic E-state index is -1.25. The number of phenols is 1. The van der Waals surface area contributed by atoms with Gasteiger partial charge in [0.2, 0.25) is 0 Å². The van der Waals surface area contributed by atoms with Gasteiger partial charge in [0, 0.05) is 30.8 Å². The fraction of sp³-hybridized carbons (Fsp3) is 0.250. The van der Waals surface area contributed by atoms with Crippen molar-refractivity contribution in [2.75, 3.05) is 6.54 Å². The Morgan fingerprint density at radius 1 is 1.26 bits per heavy atom. The van der Waals surface area contributed by atoms with Gasteiger partial charge < -0.3 is 15.5 Å². The first-order valence-electron chi connectivity index (χ1n) is 6.95.